The molecule has 1 aromatic rings. The molecule has 0 aliphatic carbocycles. The summed E-state index contributed by atoms with van der Waals surface area (Å²) in [5.41, 5.74) is 0. The Kier molecular flexibility index (Phi) is 5.98. The van der Waals surface area contributed by atoms with Crippen LogP contribution < -0.4 is 0 Å². The first kappa shape index (κ1) is 13.6. The number of thioether (sulfide) groups is 1. The van der Waals surface area contributed by atoms with Crippen molar-refractivity contribution in [2.75, 3.05) is 19.0 Å². The lowest BCUT2D eigenvalue weighted by molar-refractivity contribution is -0.141. The van der Waals surface area contributed by atoms with E-state index in [-0.39, 0.29) is 6.61 Å². The Bertz CT molecular complexity index is 371. The van der Waals surface area contributed by atoms with Crippen LogP contribution in [0.2, 0.25) is 10.0 Å². The third-order valence-corrected chi connectivity index (χ3v) is 3.30. The summed E-state index contributed by atoms with van der Waals surface area (Å²) in [5, 5.41) is 9.60. The van der Waals surface area contributed by atoms with Gasteiger partial charge in [-0.1, -0.05) is 23.2 Å². The van der Waals surface area contributed by atoms with Gasteiger partial charge >= 0.3 is 5.97 Å². The number of hydrogen-bond acceptors (Lipinski definition) is 3. The van der Waals surface area contributed by atoms with Gasteiger partial charge in [-0.3, -0.25) is 0 Å². The van der Waals surface area contributed by atoms with Crippen molar-refractivity contribution >= 4 is 40.9 Å². The molecule has 6 heteroatoms. The van der Waals surface area contributed by atoms with Gasteiger partial charge in [0.15, 0.2) is 0 Å². The second-order valence-electron chi connectivity index (χ2n) is 2.87. The molecule has 0 aromatic heterocycles. The molecule has 88 valence electrons. The Balaban J connectivity index is 2.31. The zero-order chi connectivity index (χ0) is 12.0. The Labute approximate surface area is 108 Å². The molecule has 1 rings (SSSR count). The number of carboxylic acid groups (broad SMARTS) is 1. The molecule has 0 spiro atoms. The Morgan fingerprint density at radius 2 is 2.19 bits per heavy atom. The van der Waals surface area contributed by atoms with E-state index in [9.17, 15) is 4.79 Å². The first-order valence-electron chi connectivity index (χ1n) is 4.47. The molecule has 0 bridgehead atoms. The first-order chi connectivity index (χ1) is 7.59. The van der Waals surface area contributed by atoms with E-state index in [1.165, 1.54) is 11.8 Å². The van der Waals surface area contributed by atoms with Crippen LogP contribution in [0.1, 0.15) is 0 Å². The molecule has 0 atom stereocenters. The number of benzene rings is 1. The standard InChI is InChI=1S/C10H10Cl2O3S/c11-7-1-2-8(12)9(5-7)16-4-3-15-6-10(13)14/h1-2,5H,3-4,6H2,(H,13,14). The molecule has 16 heavy (non-hydrogen) atoms. The van der Waals surface area contributed by atoms with Gasteiger partial charge in [-0.05, 0) is 18.2 Å². The van der Waals surface area contributed by atoms with Crippen molar-refractivity contribution in [2.24, 2.45) is 0 Å². The van der Waals surface area contributed by atoms with E-state index in [0.29, 0.717) is 22.4 Å². The molecular weight excluding hydrogens is 271 g/mol. The summed E-state index contributed by atoms with van der Waals surface area (Å²) in [6.07, 6.45) is 0. The smallest absolute Gasteiger partial charge is 0.329 e. The summed E-state index contributed by atoms with van der Waals surface area (Å²) in [6, 6.07) is 5.21. The molecule has 0 saturated carbocycles. The van der Waals surface area contributed by atoms with Crippen molar-refractivity contribution in [1.82, 2.24) is 0 Å². The van der Waals surface area contributed by atoms with Gasteiger partial charge in [0, 0.05) is 15.7 Å². The average molecular weight is 281 g/mol. The maximum absolute atomic E-state index is 10.2. The van der Waals surface area contributed by atoms with Crippen LogP contribution in [0.3, 0.4) is 0 Å². The van der Waals surface area contributed by atoms with Gasteiger partial charge in [-0.15, -0.1) is 11.8 Å². The van der Waals surface area contributed by atoms with E-state index < -0.39 is 5.97 Å². The third-order valence-electron chi connectivity index (χ3n) is 1.60. The van der Waals surface area contributed by atoms with E-state index in [1.54, 1.807) is 18.2 Å². The van der Waals surface area contributed by atoms with Crippen LogP contribution in [0.5, 0.6) is 0 Å². The molecule has 0 aliphatic rings. The second-order valence-corrected chi connectivity index (χ2v) is 4.85. The number of rotatable bonds is 6. The summed E-state index contributed by atoms with van der Waals surface area (Å²) in [7, 11) is 0. The maximum atomic E-state index is 10.2. The highest BCUT2D eigenvalue weighted by Gasteiger charge is 2.02. The molecule has 0 heterocycles. The highest BCUT2D eigenvalue weighted by atomic mass is 35.5. The van der Waals surface area contributed by atoms with E-state index in [4.69, 9.17) is 33.0 Å². The summed E-state index contributed by atoms with van der Waals surface area (Å²) in [5.74, 6) is -0.335. The molecule has 3 nitrogen and oxygen atoms in total. The minimum absolute atomic E-state index is 0.274. The van der Waals surface area contributed by atoms with Crippen LogP contribution >= 0.6 is 35.0 Å². The average Bonchev–Trinajstić information content (AvgIpc) is 2.22. The zero-order valence-electron chi connectivity index (χ0n) is 8.28. The van der Waals surface area contributed by atoms with Crippen LogP contribution in [0.4, 0.5) is 0 Å². The lowest BCUT2D eigenvalue weighted by atomic mass is 10.4. The van der Waals surface area contributed by atoms with Crippen molar-refractivity contribution in [2.45, 2.75) is 4.90 Å². The molecule has 1 N–H and O–H groups in total. The largest absolute Gasteiger partial charge is 0.480 e. The van der Waals surface area contributed by atoms with Crippen molar-refractivity contribution < 1.29 is 14.6 Å². The van der Waals surface area contributed by atoms with Crippen molar-refractivity contribution in [3.05, 3.63) is 28.2 Å². The number of ether oxygens (including phenoxy) is 1. The normalized spacial score (nSPS) is 10.4. The van der Waals surface area contributed by atoms with Gasteiger partial charge in [0.2, 0.25) is 0 Å². The van der Waals surface area contributed by atoms with E-state index in [1.807, 2.05) is 0 Å². The predicted molar refractivity (Wildman–Crippen MR) is 65.6 cm³/mol. The number of halogens is 2. The van der Waals surface area contributed by atoms with Crippen LogP contribution in [-0.4, -0.2) is 30.0 Å². The third kappa shape index (κ3) is 5.07. The second kappa shape index (κ2) is 7.01. The maximum Gasteiger partial charge on any atom is 0.329 e. The summed E-state index contributed by atoms with van der Waals surface area (Å²) < 4.78 is 4.89. The van der Waals surface area contributed by atoms with Crippen LogP contribution in [0, 0.1) is 0 Å². The molecule has 0 saturated heterocycles. The highest BCUT2D eigenvalue weighted by Crippen LogP contribution is 2.29. The lowest BCUT2D eigenvalue weighted by Crippen LogP contribution is -2.08. The summed E-state index contributed by atoms with van der Waals surface area (Å²) in [6.45, 7) is 0.0870. The minimum Gasteiger partial charge on any atom is -0.480 e. The quantitative estimate of drug-likeness (QED) is 0.642. The fourth-order valence-electron chi connectivity index (χ4n) is 0.958. The number of hydrogen-bond donors (Lipinski definition) is 1. The van der Waals surface area contributed by atoms with Gasteiger partial charge in [-0.25, -0.2) is 4.79 Å². The summed E-state index contributed by atoms with van der Waals surface area (Å²) >= 11 is 13.2. The predicted octanol–water partition coefficient (Wildman–Crippen LogP) is 3.19. The first-order valence-corrected chi connectivity index (χ1v) is 6.21. The van der Waals surface area contributed by atoms with Crippen LogP contribution in [0.15, 0.2) is 23.1 Å². The number of aliphatic carboxylic acids is 1. The molecule has 0 radical (unpaired) electrons. The zero-order valence-corrected chi connectivity index (χ0v) is 10.6. The molecule has 1 aromatic carbocycles. The van der Waals surface area contributed by atoms with E-state index in [0.717, 1.165) is 4.90 Å². The monoisotopic (exact) mass is 280 g/mol. The molecule has 0 unspecified atom stereocenters. The Hall–Kier alpha value is -0.420. The van der Waals surface area contributed by atoms with E-state index >= 15 is 0 Å². The van der Waals surface area contributed by atoms with Gasteiger partial charge in [0.1, 0.15) is 6.61 Å². The van der Waals surface area contributed by atoms with Crippen LogP contribution in [-0.2, 0) is 9.53 Å². The van der Waals surface area contributed by atoms with E-state index in [2.05, 4.69) is 0 Å². The topological polar surface area (TPSA) is 46.5 Å². The Morgan fingerprint density at radius 1 is 1.44 bits per heavy atom. The Morgan fingerprint density at radius 3 is 2.88 bits per heavy atom. The molecule has 0 aliphatic heterocycles. The number of carbonyl (C=O) groups is 1. The van der Waals surface area contributed by atoms with Crippen molar-refractivity contribution in [1.29, 1.82) is 0 Å². The lowest BCUT2D eigenvalue weighted by Gasteiger charge is -2.04. The van der Waals surface area contributed by atoms with Crippen molar-refractivity contribution in [3.8, 4) is 0 Å². The fraction of sp³-hybridized carbons (Fsp3) is 0.300. The van der Waals surface area contributed by atoms with Gasteiger partial charge in [-0.2, -0.15) is 0 Å². The number of carboxylic acids is 1. The highest BCUT2D eigenvalue weighted by molar-refractivity contribution is 7.99. The molecule has 0 fully saturated rings. The SMILES string of the molecule is O=C(O)COCCSc1cc(Cl)ccc1Cl. The minimum atomic E-state index is -0.967. The molecular formula is C10H10Cl2O3S. The van der Waals surface area contributed by atoms with Gasteiger partial charge in [0.05, 0.1) is 11.6 Å². The fourth-order valence-corrected chi connectivity index (χ4v) is 2.31. The van der Waals surface area contributed by atoms with Crippen LogP contribution in [0.25, 0.3) is 0 Å². The van der Waals surface area contributed by atoms with Crippen molar-refractivity contribution in [3.63, 3.8) is 0 Å². The van der Waals surface area contributed by atoms with Gasteiger partial charge < -0.3 is 9.84 Å². The summed E-state index contributed by atoms with van der Waals surface area (Å²) in [4.78, 5) is 11.0. The molecule has 0 amide bonds. The van der Waals surface area contributed by atoms with Gasteiger partial charge in [0.25, 0.3) is 0 Å².